The monoisotopic (exact) mass is 156 g/mol. The van der Waals surface area contributed by atoms with Crippen molar-refractivity contribution in [1.82, 2.24) is 9.80 Å². The van der Waals surface area contributed by atoms with Crippen LogP contribution in [0.25, 0.3) is 0 Å². The van der Waals surface area contributed by atoms with Gasteiger partial charge in [-0.2, -0.15) is 0 Å². The van der Waals surface area contributed by atoms with Gasteiger partial charge < -0.3 is 4.90 Å². The third kappa shape index (κ3) is 2.17. The van der Waals surface area contributed by atoms with E-state index in [2.05, 4.69) is 37.7 Å². The summed E-state index contributed by atoms with van der Waals surface area (Å²) in [5.74, 6) is 0. The van der Waals surface area contributed by atoms with Crippen LogP contribution in [0.3, 0.4) is 0 Å². The Bertz CT molecular complexity index is 107. The summed E-state index contributed by atoms with van der Waals surface area (Å²) in [4.78, 5) is 4.88. The smallest absolute Gasteiger partial charge is 0.0229 e. The maximum Gasteiger partial charge on any atom is 0.0229 e. The van der Waals surface area contributed by atoms with Gasteiger partial charge in [0.15, 0.2) is 0 Å². The molecule has 0 radical (unpaired) electrons. The van der Waals surface area contributed by atoms with Crippen molar-refractivity contribution in [2.45, 2.75) is 32.4 Å². The summed E-state index contributed by atoms with van der Waals surface area (Å²) in [5, 5.41) is 0. The molecule has 1 fully saturated rings. The minimum atomic E-state index is 0.722. The molecule has 66 valence electrons. The first-order valence-corrected chi connectivity index (χ1v) is 4.51. The minimum absolute atomic E-state index is 0.722. The highest BCUT2D eigenvalue weighted by Crippen LogP contribution is 2.15. The summed E-state index contributed by atoms with van der Waals surface area (Å²) in [6.45, 7) is 7.08. The Morgan fingerprint density at radius 2 is 2.00 bits per heavy atom. The normalized spacial score (nSPS) is 27.3. The number of hydrogen-bond donors (Lipinski definition) is 0. The number of nitrogens with zero attached hydrogens (tertiary/aromatic N) is 2. The number of likely N-dealkylation sites (N-methyl/N-ethyl adjacent to an activating group) is 1. The van der Waals surface area contributed by atoms with Gasteiger partial charge in [0.1, 0.15) is 0 Å². The molecule has 0 aromatic carbocycles. The van der Waals surface area contributed by atoms with E-state index in [4.69, 9.17) is 0 Å². The van der Waals surface area contributed by atoms with Gasteiger partial charge in [-0.3, -0.25) is 4.90 Å². The lowest BCUT2D eigenvalue weighted by atomic mass is 10.2. The maximum absolute atomic E-state index is 2.55. The fourth-order valence-electron chi connectivity index (χ4n) is 1.66. The van der Waals surface area contributed by atoms with E-state index >= 15 is 0 Å². The standard InChI is InChI=1S/C9H20N2/c1-8(2)11-6-5-9(7-11)10(3)4/h8-9H,5-7H2,1-4H3/t9-/m0/s1. The maximum atomic E-state index is 2.55. The second kappa shape index (κ2) is 3.55. The van der Waals surface area contributed by atoms with Crippen LogP contribution in [0.5, 0.6) is 0 Å². The Morgan fingerprint density at radius 3 is 2.27 bits per heavy atom. The fraction of sp³-hybridized carbons (Fsp3) is 1.00. The third-order valence-electron chi connectivity index (χ3n) is 2.66. The SMILES string of the molecule is CC(C)N1CC[C@H](N(C)C)C1. The van der Waals surface area contributed by atoms with Crippen molar-refractivity contribution < 1.29 is 0 Å². The molecule has 0 N–H and O–H groups in total. The molecule has 1 rings (SSSR count). The average Bonchev–Trinajstić information content (AvgIpc) is 2.33. The summed E-state index contributed by atoms with van der Waals surface area (Å²) in [5.41, 5.74) is 0. The number of hydrogen-bond acceptors (Lipinski definition) is 2. The zero-order chi connectivity index (χ0) is 8.43. The summed E-state index contributed by atoms with van der Waals surface area (Å²) in [7, 11) is 4.35. The van der Waals surface area contributed by atoms with Crippen LogP contribution in [0.2, 0.25) is 0 Å². The summed E-state index contributed by atoms with van der Waals surface area (Å²) < 4.78 is 0. The van der Waals surface area contributed by atoms with Crippen LogP contribution in [-0.4, -0.2) is 49.1 Å². The van der Waals surface area contributed by atoms with Crippen molar-refractivity contribution in [2.24, 2.45) is 0 Å². The fourth-order valence-corrected chi connectivity index (χ4v) is 1.66. The van der Waals surface area contributed by atoms with Crippen molar-refractivity contribution in [3.63, 3.8) is 0 Å². The van der Waals surface area contributed by atoms with Gasteiger partial charge in [0.2, 0.25) is 0 Å². The van der Waals surface area contributed by atoms with Crippen LogP contribution < -0.4 is 0 Å². The zero-order valence-corrected chi connectivity index (χ0v) is 8.17. The lowest BCUT2D eigenvalue weighted by molar-refractivity contribution is 0.237. The summed E-state index contributed by atoms with van der Waals surface area (Å²) in [6.07, 6.45) is 1.34. The molecule has 1 aliphatic rings. The summed E-state index contributed by atoms with van der Waals surface area (Å²) in [6, 6.07) is 1.51. The molecule has 0 aliphatic carbocycles. The van der Waals surface area contributed by atoms with Crippen molar-refractivity contribution in [2.75, 3.05) is 27.2 Å². The number of rotatable bonds is 2. The van der Waals surface area contributed by atoms with Gasteiger partial charge in [0.05, 0.1) is 0 Å². The average molecular weight is 156 g/mol. The van der Waals surface area contributed by atoms with E-state index in [0.717, 1.165) is 12.1 Å². The van der Waals surface area contributed by atoms with Crippen molar-refractivity contribution >= 4 is 0 Å². The Balaban J connectivity index is 2.35. The molecular weight excluding hydrogens is 136 g/mol. The predicted octanol–water partition coefficient (Wildman–Crippen LogP) is 1.03. The lowest BCUT2D eigenvalue weighted by Crippen LogP contribution is -2.34. The van der Waals surface area contributed by atoms with Crippen molar-refractivity contribution in [1.29, 1.82) is 0 Å². The Hall–Kier alpha value is -0.0800. The molecule has 1 heterocycles. The van der Waals surface area contributed by atoms with Crippen LogP contribution in [0.1, 0.15) is 20.3 Å². The van der Waals surface area contributed by atoms with Gasteiger partial charge in [-0.1, -0.05) is 0 Å². The van der Waals surface area contributed by atoms with Gasteiger partial charge in [-0.25, -0.2) is 0 Å². The van der Waals surface area contributed by atoms with Crippen LogP contribution in [0.4, 0.5) is 0 Å². The molecule has 0 unspecified atom stereocenters. The Labute approximate surface area is 70.2 Å². The van der Waals surface area contributed by atoms with Gasteiger partial charge in [-0.05, 0) is 34.4 Å². The lowest BCUT2D eigenvalue weighted by Gasteiger charge is -2.22. The van der Waals surface area contributed by atoms with Crippen LogP contribution in [0.15, 0.2) is 0 Å². The van der Waals surface area contributed by atoms with Gasteiger partial charge in [-0.15, -0.1) is 0 Å². The largest absolute Gasteiger partial charge is 0.305 e. The number of likely N-dealkylation sites (tertiary alicyclic amines) is 1. The van der Waals surface area contributed by atoms with E-state index in [1.54, 1.807) is 0 Å². The molecule has 0 bridgehead atoms. The molecule has 0 saturated carbocycles. The Kier molecular flexibility index (Phi) is 2.90. The first-order valence-electron chi connectivity index (χ1n) is 4.51. The van der Waals surface area contributed by atoms with Crippen molar-refractivity contribution in [3.8, 4) is 0 Å². The zero-order valence-electron chi connectivity index (χ0n) is 8.17. The second-order valence-electron chi connectivity index (χ2n) is 3.99. The molecule has 1 saturated heterocycles. The first-order chi connectivity index (χ1) is 5.11. The molecule has 0 aromatic heterocycles. The third-order valence-corrected chi connectivity index (χ3v) is 2.66. The van der Waals surface area contributed by atoms with E-state index in [1.807, 2.05) is 0 Å². The quantitative estimate of drug-likeness (QED) is 0.589. The molecule has 2 heteroatoms. The van der Waals surface area contributed by atoms with Crippen LogP contribution >= 0.6 is 0 Å². The second-order valence-corrected chi connectivity index (χ2v) is 3.99. The predicted molar refractivity (Wildman–Crippen MR) is 48.8 cm³/mol. The van der Waals surface area contributed by atoms with Crippen molar-refractivity contribution in [3.05, 3.63) is 0 Å². The highest BCUT2D eigenvalue weighted by molar-refractivity contribution is 4.82. The molecule has 11 heavy (non-hydrogen) atoms. The highest BCUT2D eigenvalue weighted by atomic mass is 15.2. The molecule has 2 nitrogen and oxygen atoms in total. The minimum Gasteiger partial charge on any atom is -0.305 e. The topological polar surface area (TPSA) is 6.48 Å². The summed E-state index contributed by atoms with van der Waals surface area (Å²) >= 11 is 0. The van der Waals surface area contributed by atoms with E-state index < -0.39 is 0 Å². The molecule has 0 amide bonds. The van der Waals surface area contributed by atoms with Gasteiger partial charge in [0, 0.05) is 25.2 Å². The molecule has 1 aliphatic heterocycles. The first kappa shape index (κ1) is 9.01. The van der Waals surface area contributed by atoms with E-state index in [-0.39, 0.29) is 0 Å². The molecule has 1 atom stereocenters. The molecule has 0 spiro atoms. The van der Waals surface area contributed by atoms with E-state index in [1.165, 1.54) is 19.5 Å². The van der Waals surface area contributed by atoms with E-state index in [0.29, 0.717) is 0 Å². The van der Waals surface area contributed by atoms with Gasteiger partial charge in [0.25, 0.3) is 0 Å². The highest BCUT2D eigenvalue weighted by Gasteiger charge is 2.24. The Morgan fingerprint density at radius 1 is 1.36 bits per heavy atom. The molecular formula is C9H20N2. The van der Waals surface area contributed by atoms with E-state index in [9.17, 15) is 0 Å². The molecule has 0 aromatic rings. The van der Waals surface area contributed by atoms with Crippen LogP contribution in [0, 0.1) is 0 Å². The van der Waals surface area contributed by atoms with Crippen LogP contribution in [-0.2, 0) is 0 Å². The van der Waals surface area contributed by atoms with Gasteiger partial charge >= 0.3 is 0 Å².